The summed E-state index contributed by atoms with van der Waals surface area (Å²) in [6.45, 7) is 3.67. The van der Waals surface area contributed by atoms with Crippen LogP contribution in [0, 0.1) is 0 Å². The van der Waals surface area contributed by atoms with E-state index in [1.807, 2.05) is 26.0 Å². The molecule has 1 heterocycles. The van der Waals surface area contributed by atoms with Gasteiger partial charge in [0, 0.05) is 5.69 Å². The predicted octanol–water partition coefficient (Wildman–Crippen LogP) is 1.18. The van der Waals surface area contributed by atoms with E-state index in [9.17, 15) is 9.90 Å². The summed E-state index contributed by atoms with van der Waals surface area (Å²) >= 11 is 0. The summed E-state index contributed by atoms with van der Waals surface area (Å²) in [6, 6.07) is 7.21. The van der Waals surface area contributed by atoms with Crippen LogP contribution in [0.4, 0.5) is 5.69 Å². The van der Waals surface area contributed by atoms with Crippen molar-refractivity contribution in [2.24, 2.45) is 0 Å². The highest BCUT2D eigenvalue weighted by Crippen LogP contribution is 2.37. The summed E-state index contributed by atoms with van der Waals surface area (Å²) in [7, 11) is 1.59. The number of nitrogens with zero attached hydrogens (tertiary/aromatic N) is 1. The number of benzene rings is 1. The molecule has 0 saturated carbocycles. The Kier molecular flexibility index (Phi) is 2.39. The van der Waals surface area contributed by atoms with Crippen LogP contribution >= 0.6 is 0 Å². The molecule has 4 nitrogen and oxygen atoms in total. The summed E-state index contributed by atoms with van der Waals surface area (Å²) in [4.78, 5) is 13.2. The van der Waals surface area contributed by atoms with Crippen molar-refractivity contribution in [1.82, 2.24) is 0 Å². The molecule has 4 heteroatoms. The van der Waals surface area contributed by atoms with Gasteiger partial charge in [0.1, 0.15) is 5.75 Å². The summed E-state index contributed by atoms with van der Waals surface area (Å²) in [5.41, 5.74) is 0.243. The summed E-state index contributed by atoms with van der Waals surface area (Å²) in [5, 5.41) is 9.56. The largest absolute Gasteiger partial charge is 0.497 e. The molecule has 0 aliphatic carbocycles. The number of carbonyl (C=O) groups is 1. The standard InChI is InChI=1S/C12H15NO3/c1-12(2)10(14)11(15)13(12)8-4-6-9(16-3)7-5-8/h4-7,10,14H,1-3H3. The molecule has 2 rings (SSSR count). The maximum absolute atomic E-state index is 11.6. The molecule has 0 bridgehead atoms. The third-order valence-electron chi connectivity index (χ3n) is 3.03. The highest BCUT2D eigenvalue weighted by atomic mass is 16.5. The van der Waals surface area contributed by atoms with Gasteiger partial charge < -0.3 is 14.7 Å². The van der Waals surface area contributed by atoms with Crippen molar-refractivity contribution in [2.45, 2.75) is 25.5 Å². The van der Waals surface area contributed by atoms with Crippen molar-refractivity contribution < 1.29 is 14.6 Å². The Hall–Kier alpha value is -1.55. The average molecular weight is 221 g/mol. The molecule has 1 atom stereocenters. The molecule has 86 valence electrons. The van der Waals surface area contributed by atoms with Crippen molar-refractivity contribution in [1.29, 1.82) is 0 Å². The molecule has 1 amide bonds. The number of β-lactam (4-membered cyclic amide) rings is 1. The molecule has 0 aromatic heterocycles. The smallest absolute Gasteiger partial charge is 0.258 e. The van der Waals surface area contributed by atoms with Gasteiger partial charge >= 0.3 is 0 Å². The summed E-state index contributed by atoms with van der Waals surface area (Å²) < 4.78 is 5.05. The fourth-order valence-electron chi connectivity index (χ4n) is 1.96. The highest BCUT2D eigenvalue weighted by Gasteiger charge is 2.53. The number of hydrogen-bond donors (Lipinski definition) is 1. The molecule has 1 aliphatic rings. The minimum absolute atomic E-state index is 0.254. The number of methoxy groups -OCH3 is 1. The molecule has 0 spiro atoms. The Labute approximate surface area is 94.4 Å². The van der Waals surface area contributed by atoms with E-state index < -0.39 is 11.6 Å². The maximum Gasteiger partial charge on any atom is 0.258 e. The minimum atomic E-state index is -0.908. The molecule has 1 aromatic carbocycles. The van der Waals surface area contributed by atoms with Gasteiger partial charge in [0.25, 0.3) is 5.91 Å². The quantitative estimate of drug-likeness (QED) is 0.763. The fourth-order valence-corrected chi connectivity index (χ4v) is 1.96. The zero-order valence-corrected chi connectivity index (χ0v) is 9.60. The molecule has 1 unspecified atom stereocenters. The Morgan fingerprint density at radius 1 is 1.31 bits per heavy atom. The van der Waals surface area contributed by atoms with Crippen molar-refractivity contribution in [3.63, 3.8) is 0 Å². The fraction of sp³-hybridized carbons (Fsp3) is 0.417. The van der Waals surface area contributed by atoms with Crippen molar-refractivity contribution in [3.05, 3.63) is 24.3 Å². The van der Waals surface area contributed by atoms with Gasteiger partial charge in [0.15, 0.2) is 6.10 Å². The monoisotopic (exact) mass is 221 g/mol. The van der Waals surface area contributed by atoms with Crippen LogP contribution in [0.2, 0.25) is 0 Å². The molecule has 1 N–H and O–H groups in total. The third kappa shape index (κ3) is 1.38. The van der Waals surface area contributed by atoms with Gasteiger partial charge in [-0.2, -0.15) is 0 Å². The first-order chi connectivity index (χ1) is 7.48. The molecule has 1 saturated heterocycles. The summed E-state index contributed by atoms with van der Waals surface area (Å²) in [5.74, 6) is 0.491. The van der Waals surface area contributed by atoms with Gasteiger partial charge in [0.05, 0.1) is 12.6 Å². The van der Waals surface area contributed by atoms with E-state index in [0.717, 1.165) is 11.4 Å². The SMILES string of the molecule is COc1ccc(N2C(=O)C(O)C2(C)C)cc1. The van der Waals surface area contributed by atoms with Crippen LogP contribution in [0.1, 0.15) is 13.8 Å². The van der Waals surface area contributed by atoms with Crippen LogP contribution in [0.5, 0.6) is 5.75 Å². The van der Waals surface area contributed by atoms with Crippen LogP contribution in [-0.4, -0.2) is 29.8 Å². The van der Waals surface area contributed by atoms with E-state index in [4.69, 9.17) is 4.74 Å². The van der Waals surface area contributed by atoms with Gasteiger partial charge in [-0.1, -0.05) is 0 Å². The topological polar surface area (TPSA) is 49.8 Å². The molecule has 1 fully saturated rings. The molecule has 16 heavy (non-hydrogen) atoms. The maximum atomic E-state index is 11.6. The highest BCUT2D eigenvalue weighted by molar-refractivity contribution is 6.06. The van der Waals surface area contributed by atoms with E-state index in [-0.39, 0.29) is 5.91 Å². The first-order valence-electron chi connectivity index (χ1n) is 5.14. The normalized spacial score (nSPS) is 22.9. The Morgan fingerprint density at radius 2 is 1.88 bits per heavy atom. The van der Waals surface area contributed by atoms with Crippen LogP contribution in [0.3, 0.4) is 0 Å². The average Bonchev–Trinajstić information content (AvgIpc) is 2.29. The molecule has 1 aromatic rings. The van der Waals surface area contributed by atoms with Crippen LogP contribution in [0.25, 0.3) is 0 Å². The number of hydrogen-bond acceptors (Lipinski definition) is 3. The number of rotatable bonds is 2. The third-order valence-corrected chi connectivity index (χ3v) is 3.03. The lowest BCUT2D eigenvalue weighted by Gasteiger charge is -2.51. The van der Waals surface area contributed by atoms with Gasteiger partial charge in [-0.15, -0.1) is 0 Å². The van der Waals surface area contributed by atoms with Gasteiger partial charge in [-0.05, 0) is 38.1 Å². The number of ether oxygens (including phenoxy) is 1. The second kappa shape index (κ2) is 3.49. The Balaban J connectivity index is 2.28. The predicted molar refractivity (Wildman–Crippen MR) is 60.6 cm³/mol. The van der Waals surface area contributed by atoms with E-state index in [1.54, 1.807) is 24.1 Å². The lowest BCUT2D eigenvalue weighted by molar-refractivity contribution is -0.141. The Morgan fingerprint density at radius 3 is 2.31 bits per heavy atom. The zero-order valence-electron chi connectivity index (χ0n) is 9.60. The first-order valence-corrected chi connectivity index (χ1v) is 5.14. The number of amides is 1. The minimum Gasteiger partial charge on any atom is -0.497 e. The molecule has 0 radical (unpaired) electrons. The Bertz CT molecular complexity index is 411. The number of aliphatic hydroxyl groups is 1. The first kappa shape index (κ1) is 11.0. The van der Waals surface area contributed by atoms with E-state index in [0.29, 0.717) is 0 Å². The lowest BCUT2D eigenvalue weighted by Crippen LogP contribution is -2.72. The second-order valence-corrected chi connectivity index (χ2v) is 4.43. The molecule has 1 aliphatic heterocycles. The van der Waals surface area contributed by atoms with E-state index in [2.05, 4.69) is 0 Å². The second-order valence-electron chi connectivity index (χ2n) is 4.43. The lowest BCUT2D eigenvalue weighted by atomic mass is 9.84. The van der Waals surface area contributed by atoms with Crippen molar-refractivity contribution >= 4 is 11.6 Å². The summed E-state index contributed by atoms with van der Waals surface area (Å²) in [6.07, 6.45) is -0.908. The number of aliphatic hydroxyl groups excluding tert-OH is 1. The van der Waals surface area contributed by atoms with Crippen molar-refractivity contribution in [2.75, 3.05) is 12.0 Å². The zero-order chi connectivity index (χ0) is 11.9. The number of anilines is 1. The van der Waals surface area contributed by atoms with Crippen LogP contribution in [-0.2, 0) is 4.79 Å². The van der Waals surface area contributed by atoms with Gasteiger partial charge in [-0.3, -0.25) is 4.79 Å². The van der Waals surface area contributed by atoms with Gasteiger partial charge in [0.2, 0.25) is 0 Å². The molecular weight excluding hydrogens is 206 g/mol. The van der Waals surface area contributed by atoms with E-state index in [1.165, 1.54) is 0 Å². The van der Waals surface area contributed by atoms with Crippen LogP contribution in [0.15, 0.2) is 24.3 Å². The van der Waals surface area contributed by atoms with Gasteiger partial charge in [-0.25, -0.2) is 0 Å². The number of carbonyl (C=O) groups excluding carboxylic acids is 1. The molecular formula is C12H15NO3. The van der Waals surface area contributed by atoms with Crippen LogP contribution < -0.4 is 9.64 Å². The van der Waals surface area contributed by atoms with Crippen molar-refractivity contribution in [3.8, 4) is 5.75 Å². The van der Waals surface area contributed by atoms with E-state index >= 15 is 0 Å².